The molecule has 3 nitrogen and oxygen atoms in total. The van der Waals surface area contributed by atoms with Crippen LogP contribution < -0.4 is 10.6 Å². The predicted octanol–water partition coefficient (Wildman–Crippen LogP) is 2.28. The monoisotopic (exact) mass is 290 g/mol. The van der Waals surface area contributed by atoms with Gasteiger partial charge in [-0.05, 0) is 29.3 Å². The van der Waals surface area contributed by atoms with Crippen LogP contribution in [-0.2, 0) is 11.2 Å². The summed E-state index contributed by atoms with van der Waals surface area (Å²) >= 11 is 0. The van der Waals surface area contributed by atoms with Gasteiger partial charge in [-0.2, -0.15) is 0 Å². The minimum absolute atomic E-state index is 0. The molecule has 4 heteroatoms. The second-order valence-electron chi connectivity index (χ2n) is 5.12. The molecule has 3 rings (SSSR count). The molecular formula is C16H19ClN2O. The van der Waals surface area contributed by atoms with Gasteiger partial charge in [-0.1, -0.05) is 42.5 Å². The summed E-state index contributed by atoms with van der Waals surface area (Å²) in [5, 5.41) is 8.73. The standard InChI is InChI=1S/C16H18N2O.ClH/c19-16(18-15-7-8-17-11-15)10-12-5-6-13-3-1-2-4-14(13)9-12;/h1-6,9,15,17H,7-8,10-11H2,(H,18,19);1H. The summed E-state index contributed by atoms with van der Waals surface area (Å²) in [5.41, 5.74) is 1.07. The smallest absolute Gasteiger partial charge is 0.224 e. The number of carbonyl (C=O) groups excluding carboxylic acids is 1. The van der Waals surface area contributed by atoms with E-state index in [-0.39, 0.29) is 18.3 Å². The molecule has 106 valence electrons. The third-order valence-electron chi connectivity index (χ3n) is 3.60. The van der Waals surface area contributed by atoms with Crippen LogP contribution in [0.15, 0.2) is 42.5 Å². The van der Waals surface area contributed by atoms with Crippen molar-refractivity contribution >= 4 is 29.1 Å². The summed E-state index contributed by atoms with van der Waals surface area (Å²) in [6, 6.07) is 14.7. The van der Waals surface area contributed by atoms with E-state index in [2.05, 4.69) is 34.9 Å². The Hall–Kier alpha value is -1.58. The summed E-state index contributed by atoms with van der Waals surface area (Å²) < 4.78 is 0. The third-order valence-corrected chi connectivity index (χ3v) is 3.60. The molecule has 20 heavy (non-hydrogen) atoms. The highest BCUT2D eigenvalue weighted by Crippen LogP contribution is 2.16. The number of nitrogens with one attached hydrogen (secondary N) is 2. The van der Waals surface area contributed by atoms with Crippen molar-refractivity contribution in [3.05, 3.63) is 48.0 Å². The zero-order chi connectivity index (χ0) is 13.1. The van der Waals surface area contributed by atoms with Gasteiger partial charge in [-0.25, -0.2) is 0 Å². The molecule has 0 spiro atoms. The van der Waals surface area contributed by atoms with Crippen molar-refractivity contribution in [2.75, 3.05) is 13.1 Å². The fourth-order valence-electron chi connectivity index (χ4n) is 2.59. The second kappa shape index (κ2) is 6.73. The molecule has 0 aromatic heterocycles. The molecule has 1 atom stereocenters. The molecule has 2 aromatic rings. The summed E-state index contributed by atoms with van der Waals surface area (Å²) in [6.45, 7) is 1.89. The van der Waals surface area contributed by atoms with Crippen LogP contribution in [0.4, 0.5) is 0 Å². The quantitative estimate of drug-likeness (QED) is 0.911. The Labute approximate surface area is 125 Å². The molecular weight excluding hydrogens is 272 g/mol. The van der Waals surface area contributed by atoms with E-state index >= 15 is 0 Å². The van der Waals surface area contributed by atoms with Crippen molar-refractivity contribution < 1.29 is 4.79 Å². The highest BCUT2D eigenvalue weighted by atomic mass is 35.5. The number of halogens is 1. The first-order valence-electron chi connectivity index (χ1n) is 6.79. The maximum atomic E-state index is 12.0. The molecule has 1 fully saturated rings. The van der Waals surface area contributed by atoms with Gasteiger partial charge in [0.1, 0.15) is 0 Å². The number of benzene rings is 2. The van der Waals surface area contributed by atoms with Crippen molar-refractivity contribution in [1.82, 2.24) is 10.6 Å². The van der Waals surface area contributed by atoms with Crippen LogP contribution in [0.3, 0.4) is 0 Å². The molecule has 1 amide bonds. The van der Waals surface area contributed by atoms with Gasteiger partial charge >= 0.3 is 0 Å². The van der Waals surface area contributed by atoms with Crippen molar-refractivity contribution in [1.29, 1.82) is 0 Å². The second-order valence-corrected chi connectivity index (χ2v) is 5.12. The SMILES string of the molecule is Cl.O=C(Cc1ccc2ccccc2c1)NC1CCNC1. The number of hydrogen-bond donors (Lipinski definition) is 2. The van der Waals surface area contributed by atoms with E-state index in [1.165, 1.54) is 10.8 Å². The molecule has 1 heterocycles. The van der Waals surface area contributed by atoms with Crippen LogP contribution in [0.25, 0.3) is 10.8 Å². The van der Waals surface area contributed by atoms with E-state index in [1.807, 2.05) is 18.2 Å². The Morgan fingerprint density at radius 1 is 1.20 bits per heavy atom. The maximum Gasteiger partial charge on any atom is 0.224 e. The van der Waals surface area contributed by atoms with Crippen LogP contribution in [0.1, 0.15) is 12.0 Å². The molecule has 1 saturated heterocycles. The van der Waals surface area contributed by atoms with Crippen molar-refractivity contribution in [2.24, 2.45) is 0 Å². The Balaban J connectivity index is 0.00000147. The molecule has 0 bridgehead atoms. The lowest BCUT2D eigenvalue weighted by molar-refractivity contribution is -0.121. The van der Waals surface area contributed by atoms with Gasteiger partial charge in [0.05, 0.1) is 6.42 Å². The average molecular weight is 291 g/mol. The minimum Gasteiger partial charge on any atom is -0.352 e. The number of carbonyl (C=O) groups is 1. The number of hydrogen-bond acceptors (Lipinski definition) is 2. The van der Waals surface area contributed by atoms with Crippen LogP contribution in [-0.4, -0.2) is 25.0 Å². The summed E-state index contributed by atoms with van der Waals surface area (Å²) in [5.74, 6) is 0.115. The summed E-state index contributed by atoms with van der Waals surface area (Å²) in [4.78, 5) is 12.0. The van der Waals surface area contributed by atoms with Gasteiger partial charge in [-0.15, -0.1) is 12.4 Å². The lowest BCUT2D eigenvalue weighted by atomic mass is 10.0. The van der Waals surface area contributed by atoms with Crippen LogP contribution in [0.2, 0.25) is 0 Å². The first-order chi connectivity index (χ1) is 9.31. The zero-order valence-corrected chi connectivity index (χ0v) is 12.1. The molecule has 0 saturated carbocycles. The van der Waals surface area contributed by atoms with E-state index in [4.69, 9.17) is 0 Å². The van der Waals surface area contributed by atoms with E-state index in [0.29, 0.717) is 12.5 Å². The van der Waals surface area contributed by atoms with Crippen LogP contribution in [0, 0.1) is 0 Å². The number of amides is 1. The predicted molar refractivity (Wildman–Crippen MR) is 84.3 cm³/mol. The molecule has 2 aromatic carbocycles. The average Bonchev–Trinajstić information content (AvgIpc) is 2.91. The van der Waals surface area contributed by atoms with Gasteiger partial charge < -0.3 is 10.6 Å². The fraction of sp³-hybridized carbons (Fsp3) is 0.312. The van der Waals surface area contributed by atoms with Gasteiger partial charge in [0.2, 0.25) is 5.91 Å². The molecule has 2 N–H and O–H groups in total. The van der Waals surface area contributed by atoms with E-state index < -0.39 is 0 Å². The van der Waals surface area contributed by atoms with Crippen molar-refractivity contribution in [3.8, 4) is 0 Å². The maximum absolute atomic E-state index is 12.0. The summed E-state index contributed by atoms with van der Waals surface area (Å²) in [6.07, 6.45) is 1.49. The Morgan fingerprint density at radius 3 is 2.75 bits per heavy atom. The van der Waals surface area contributed by atoms with Crippen molar-refractivity contribution in [3.63, 3.8) is 0 Å². The highest BCUT2D eigenvalue weighted by molar-refractivity contribution is 5.86. The van der Waals surface area contributed by atoms with E-state index in [0.717, 1.165) is 25.1 Å². The number of fused-ring (bicyclic) bond motifs is 1. The first kappa shape index (κ1) is 14.8. The van der Waals surface area contributed by atoms with E-state index in [9.17, 15) is 4.79 Å². The minimum atomic E-state index is 0. The van der Waals surface area contributed by atoms with Crippen molar-refractivity contribution in [2.45, 2.75) is 18.9 Å². The Morgan fingerprint density at radius 2 is 2.00 bits per heavy atom. The Bertz CT molecular complexity index is 594. The summed E-state index contributed by atoms with van der Waals surface area (Å²) in [7, 11) is 0. The molecule has 1 unspecified atom stereocenters. The Kier molecular flexibility index (Phi) is 4.99. The highest BCUT2D eigenvalue weighted by Gasteiger charge is 2.16. The van der Waals surface area contributed by atoms with Crippen LogP contribution in [0.5, 0.6) is 0 Å². The molecule has 1 aliphatic rings. The van der Waals surface area contributed by atoms with Gasteiger partial charge in [0.25, 0.3) is 0 Å². The lowest BCUT2D eigenvalue weighted by Crippen LogP contribution is -2.37. The largest absolute Gasteiger partial charge is 0.352 e. The van der Waals surface area contributed by atoms with E-state index in [1.54, 1.807) is 0 Å². The molecule has 1 aliphatic heterocycles. The van der Waals surface area contributed by atoms with Gasteiger partial charge in [0.15, 0.2) is 0 Å². The normalized spacial score (nSPS) is 17.7. The molecule has 0 aliphatic carbocycles. The van der Waals surface area contributed by atoms with Crippen LogP contribution >= 0.6 is 12.4 Å². The lowest BCUT2D eigenvalue weighted by Gasteiger charge is -2.11. The topological polar surface area (TPSA) is 41.1 Å². The zero-order valence-electron chi connectivity index (χ0n) is 11.3. The third kappa shape index (κ3) is 3.50. The fourth-order valence-corrected chi connectivity index (χ4v) is 2.59. The van der Waals surface area contributed by atoms with Gasteiger partial charge in [-0.3, -0.25) is 4.79 Å². The molecule has 0 radical (unpaired) electrons. The number of rotatable bonds is 3. The van der Waals surface area contributed by atoms with Gasteiger partial charge in [0, 0.05) is 12.6 Å². The first-order valence-corrected chi connectivity index (χ1v) is 6.79.